The van der Waals surface area contributed by atoms with Crippen LogP contribution in [0.3, 0.4) is 0 Å². The number of fused-ring (bicyclic) bond motifs is 1. The molecule has 0 saturated heterocycles. The van der Waals surface area contributed by atoms with Crippen LogP contribution in [0.15, 0.2) is 66.7 Å². The van der Waals surface area contributed by atoms with Crippen LogP contribution in [0.4, 0.5) is 0 Å². The van der Waals surface area contributed by atoms with Crippen molar-refractivity contribution < 1.29 is 9.53 Å². The summed E-state index contributed by atoms with van der Waals surface area (Å²) in [7, 11) is 1.63. The van der Waals surface area contributed by atoms with Crippen molar-refractivity contribution in [3.8, 4) is 5.75 Å². The Morgan fingerprint density at radius 3 is 2.52 bits per heavy atom. The first-order chi connectivity index (χ1) is 11.3. The number of amides is 1. The van der Waals surface area contributed by atoms with Gasteiger partial charge < -0.3 is 10.1 Å². The monoisotopic (exact) mass is 305 g/mol. The van der Waals surface area contributed by atoms with E-state index in [4.69, 9.17) is 4.74 Å². The lowest BCUT2D eigenvalue weighted by Crippen LogP contribution is -2.24. The summed E-state index contributed by atoms with van der Waals surface area (Å²) in [5, 5.41) is 5.29. The molecule has 3 aromatic carbocycles. The maximum atomic E-state index is 12.2. The van der Waals surface area contributed by atoms with E-state index in [0.29, 0.717) is 13.0 Å². The van der Waals surface area contributed by atoms with E-state index in [-0.39, 0.29) is 5.91 Å². The van der Waals surface area contributed by atoms with Gasteiger partial charge in [0, 0.05) is 12.1 Å². The third-order valence-corrected chi connectivity index (χ3v) is 3.85. The van der Waals surface area contributed by atoms with E-state index in [0.717, 1.165) is 22.3 Å². The summed E-state index contributed by atoms with van der Waals surface area (Å²) in [6.07, 6.45) is 0.375. The molecular formula is C20H19NO2. The van der Waals surface area contributed by atoms with Crippen molar-refractivity contribution >= 4 is 16.7 Å². The number of para-hydroxylation sites is 1. The van der Waals surface area contributed by atoms with Crippen LogP contribution in [0.1, 0.15) is 11.1 Å². The van der Waals surface area contributed by atoms with Crippen LogP contribution in [0.2, 0.25) is 0 Å². The molecule has 0 heterocycles. The predicted molar refractivity (Wildman–Crippen MR) is 92.5 cm³/mol. The molecule has 0 bridgehead atoms. The number of nitrogens with one attached hydrogen (secondary N) is 1. The van der Waals surface area contributed by atoms with Crippen LogP contribution < -0.4 is 10.1 Å². The fourth-order valence-electron chi connectivity index (χ4n) is 2.64. The number of hydrogen-bond acceptors (Lipinski definition) is 2. The molecule has 23 heavy (non-hydrogen) atoms. The van der Waals surface area contributed by atoms with Crippen molar-refractivity contribution in [2.75, 3.05) is 7.11 Å². The Morgan fingerprint density at radius 1 is 0.957 bits per heavy atom. The van der Waals surface area contributed by atoms with Gasteiger partial charge in [0.05, 0.1) is 13.5 Å². The zero-order valence-corrected chi connectivity index (χ0v) is 13.1. The highest BCUT2D eigenvalue weighted by Crippen LogP contribution is 2.18. The van der Waals surface area contributed by atoms with Crippen molar-refractivity contribution in [3.63, 3.8) is 0 Å². The minimum Gasteiger partial charge on any atom is -0.496 e. The standard InChI is InChI=1S/C20H19NO2/c1-23-19-9-5-4-8-18(19)14-21-20(22)13-15-10-11-16-6-2-3-7-17(16)12-15/h2-12H,13-14H2,1H3,(H,21,22). The molecule has 0 aliphatic carbocycles. The average molecular weight is 305 g/mol. The maximum Gasteiger partial charge on any atom is 0.224 e. The van der Waals surface area contributed by atoms with E-state index < -0.39 is 0 Å². The highest BCUT2D eigenvalue weighted by atomic mass is 16.5. The van der Waals surface area contributed by atoms with Crippen molar-refractivity contribution in [1.29, 1.82) is 0 Å². The van der Waals surface area contributed by atoms with Crippen LogP contribution in [0.25, 0.3) is 10.8 Å². The summed E-state index contributed by atoms with van der Waals surface area (Å²) in [6, 6.07) is 22.0. The number of methoxy groups -OCH3 is 1. The predicted octanol–water partition coefficient (Wildman–Crippen LogP) is 3.71. The number of benzene rings is 3. The molecule has 1 amide bonds. The molecule has 0 unspecified atom stereocenters. The van der Waals surface area contributed by atoms with Crippen LogP contribution >= 0.6 is 0 Å². The molecule has 0 aliphatic rings. The van der Waals surface area contributed by atoms with E-state index >= 15 is 0 Å². The molecule has 1 N–H and O–H groups in total. The highest BCUT2D eigenvalue weighted by molar-refractivity contribution is 5.85. The topological polar surface area (TPSA) is 38.3 Å². The van der Waals surface area contributed by atoms with Crippen LogP contribution in [0.5, 0.6) is 5.75 Å². The van der Waals surface area contributed by atoms with Crippen LogP contribution in [-0.4, -0.2) is 13.0 Å². The van der Waals surface area contributed by atoms with Crippen molar-refractivity contribution in [3.05, 3.63) is 77.9 Å². The summed E-state index contributed by atoms with van der Waals surface area (Å²) in [5.41, 5.74) is 1.99. The van der Waals surface area contributed by atoms with Gasteiger partial charge in [0.15, 0.2) is 0 Å². The second kappa shape index (κ2) is 6.97. The fourth-order valence-corrected chi connectivity index (χ4v) is 2.64. The van der Waals surface area contributed by atoms with E-state index in [9.17, 15) is 4.79 Å². The Bertz CT molecular complexity index is 826. The van der Waals surface area contributed by atoms with Gasteiger partial charge in [0.2, 0.25) is 5.91 Å². The van der Waals surface area contributed by atoms with Gasteiger partial charge in [-0.1, -0.05) is 60.7 Å². The van der Waals surface area contributed by atoms with Gasteiger partial charge in [-0.3, -0.25) is 4.79 Å². The summed E-state index contributed by atoms with van der Waals surface area (Å²) >= 11 is 0. The Labute approximate surface area is 135 Å². The van der Waals surface area contributed by atoms with E-state index in [2.05, 4.69) is 29.6 Å². The zero-order valence-electron chi connectivity index (χ0n) is 13.1. The van der Waals surface area contributed by atoms with E-state index in [1.165, 1.54) is 5.39 Å². The lowest BCUT2D eigenvalue weighted by molar-refractivity contribution is -0.120. The Morgan fingerprint density at radius 2 is 1.70 bits per heavy atom. The number of carbonyl (C=O) groups excluding carboxylic acids is 1. The Kier molecular flexibility index (Phi) is 4.57. The van der Waals surface area contributed by atoms with Crippen molar-refractivity contribution in [2.45, 2.75) is 13.0 Å². The third kappa shape index (κ3) is 3.69. The summed E-state index contributed by atoms with van der Waals surface area (Å²) in [5.74, 6) is 0.796. The van der Waals surface area contributed by atoms with Gasteiger partial charge in [-0.15, -0.1) is 0 Å². The van der Waals surface area contributed by atoms with Crippen LogP contribution in [0, 0.1) is 0 Å². The first-order valence-corrected chi connectivity index (χ1v) is 7.62. The molecule has 0 spiro atoms. The second-order valence-electron chi connectivity index (χ2n) is 5.45. The first-order valence-electron chi connectivity index (χ1n) is 7.62. The largest absolute Gasteiger partial charge is 0.496 e. The van der Waals surface area contributed by atoms with Gasteiger partial charge in [-0.25, -0.2) is 0 Å². The summed E-state index contributed by atoms with van der Waals surface area (Å²) in [6.45, 7) is 0.469. The molecule has 116 valence electrons. The number of hydrogen-bond donors (Lipinski definition) is 1. The normalized spacial score (nSPS) is 10.5. The quantitative estimate of drug-likeness (QED) is 0.780. The summed E-state index contributed by atoms with van der Waals surface area (Å²) < 4.78 is 5.29. The first kappa shape index (κ1) is 15.1. The Balaban J connectivity index is 1.64. The Hall–Kier alpha value is -2.81. The molecule has 3 nitrogen and oxygen atoms in total. The molecule has 0 aromatic heterocycles. The third-order valence-electron chi connectivity index (χ3n) is 3.85. The molecule has 3 heteroatoms. The van der Waals surface area contributed by atoms with Gasteiger partial charge in [0.25, 0.3) is 0 Å². The second-order valence-corrected chi connectivity index (χ2v) is 5.45. The zero-order chi connectivity index (χ0) is 16.1. The SMILES string of the molecule is COc1ccccc1CNC(=O)Cc1ccc2ccccc2c1. The van der Waals surface area contributed by atoms with Gasteiger partial charge in [0.1, 0.15) is 5.75 Å². The fraction of sp³-hybridized carbons (Fsp3) is 0.150. The van der Waals surface area contributed by atoms with Crippen LogP contribution in [-0.2, 0) is 17.8 Å². The van der Waals surface area contributed by atoms with Crippen molar-refractivity contribution in [1.82, 2.24) is 5.32 Å². The molecule has 3 rings (SSSR count). The number of rotatable bonds is 5. The van der Waals surface area contributed by atoms with Gasteiger partial charge in [-0.05, 0) is 22.4 Å². The number of ether oxygens (including phenoxy) is 1. The van der Waals surface area contributed by atoms with E-state index in [1.54, 1.807) is 7.11 Å². The van der Waals surface area contributed by atoms with Gasteiger partial charge in [-0.2, -0.15) is 0 Å². The minimum absolute atomic E-state index is 0.00573. The summed E-state index contributed by atoms with van der Waals surface area (Å²) in [4.78, 5) is 12.2. The van der Waals surface area contributed by atoms with Gasteiger partial charge >= 0.3 is 0 Å². The van der Waals surface area contributed by atoms with E-state index in [1.807, 2.05) is 42.5 Å². The molecule has 3 aromatic rings. The highest BCUT2D eigenvalue weighted by Gasteiger charge is 2.06. The smallest absolute Gasteiger partial charge is 0.224 e. The molecule has 0 saturated carbocycles. The molecule has 0 radical (unpaired) electrons. The maximum absolute atomic E-state index is 12.2. The lowest BCUT2D eigenvalue weighted by atomic mass is 10.0. The number of carbonyl (C=O) groups is 1. The lowest BCUT2D eigenvalue weighted by Gasteiger charge is -2.10. The molecular weight excluding hydrogens is 286 g/mol. The molecule has 0 aliphatic heterocycles. The molecule has 0 fully saturated rings. The molecule has 0 atom stereocenters. The van der Waals surface area contributed by atoms with Crippen molar-refractivity contribution in [2.24, 2.45) is 0 Å². The minimum atomic E-state index is 0.00573. The average Bonchev–Trinajstić information content (AvgIpc) is 2.60.